The van der Waals surface area contributed by atoms with Crippen molar-refractivity contribution in [3.8, 4) is 0 Å². The van der Waals surface area contributed by atoms with Gasteiger partial charge in [-0.15, -0.1) is 0 Å². The molecule has 1 saturated heterocycles. The Hall–Kier alpha value is -2.71. The molecule has 1 atom stereocenters. The van der Waals surface area contributed by atoms with Gasteiger partial charge in [0, 0.05) is 38.7 Å². The molecule has 1 fully saturated rings. The highest BCUT2D eigenvalue weighted by Crippen LogP contribution is 2.35. The maximum atomic E-state index is 13.1. The molecular weight excluding hydrogens is 438 g/mol. The van der Waals surface area contributed by atoms with Crippen LogP contribution in [-0.2, 0) is 32.5 Å². The van der Waals surface area contributed by atoms with E-state index in [1.165, 1.54) is 21.7 Å². The first-order chi connectivity index (χ1) is 15.8. The van der Waals surface area contributed by atoms with Gasteiger partial charge in [-0.3, -0.25) is 14.5 Å². The number of sulfonamides is 1. The predicted molar refractivity (Wildman–Crippen MR) is 128 cm³/mol. The van der Waals surface area contributed by atoms with E-state index in [-0.39, 0.29) is 16.7 Å². The van der Waals surface area contributed by atoms with Gasteiger partial charge in [-0.1, -0.05) is 36.2 Å². The Morgan fingerprint density at radius 2 is 1.73 bits per heavy atom. The van der Waals surface area contributed by atoms with E-state index in [9.17, 15) is 18.0 Å². The lowest BCUT2D eigenvalue weighted by molar-refractivity contribution is -0.125. The summed E-state index contributed by atoms with van der Waals surface area (Å²) in [5.41, 5.74) is 3.64. The summed E-state index contributed by atoms with van der Waals surface area (Å²) >= 11 is 0. The van der Waals surface area contributed by atoms with Gasteiger partial charge in [-0.05, 0) is 55.5 Å². The molecule has 2 aromatic rings. The van der Waals surface area contributed by atoms with E-state index < -0.39 is 16.1 Å². The Balaban J connectivity index is 1.48. The number of benzene rings is 2. The molecule has 176 valence electrons. The first kappa shape index (κ1) is 23.4. The first-order valence-electron chi connectivity index (χ1n) is 11.5. The van der Waals surface area contributed by atoms with Gasteiger partial charge in [0.05, 0.1) is 4.90 Å². The molecule has 0 aromatic heterocycles. The quantitative estimate of drug-likeness (QED) is 0.705. The average molecular weight is 470 g/mol. The van der Waals surface area contributed by atoms with Crippen molar-refractivity contribution in [1.82, 2.24) is 9.62 Å². The molecule has 0 unspecified atom stereocenters. The van der Waals surface area contributed by atoms with E-state index in [1.807, 2.05) is 31.2 Å². The Labute approximate surface area is 195 Å². The zero-order chi connectivity index (χ0) is 23.6. The minimum absolute atomic E-state index is 0.228. The molecule has 33 heavy (non-hydrogen) atoms. The molecule has 2 aliphatic rings. The van der Waals surface area contributed by atoms with Crippen molar-refractivity contribution in [2.24, 2.45) is 0 Å². The molecule has 0 radical (unpaired) electrons. The van der Waals surface area contributed by atoms with E-state index in [2.05, 4.69) is 5.32 Å². The fraction of sp³-hybridized carbons (Fsp3) is 0.440. The smallest absolute Gasteiger partial charge is 0.243 e. The summed E-state index contributed by atoms with van der Waals surface area (Å²) in [6, 6.07) is 12.3. The van der Waals surface area contributed by atoms with E-state index >= 15 is 0 Å². The molecule has 2 aliphatic heterocycles. The van der Waals surface area contributed by atoms with Crippen LogP contribution in [0.3, 0.4) is 0 Å². The van der Waals surface area contributed by atoms with Gasteiger partial charge in [0.15, 0.2) is 0 Å². The van der Waals surface area contributed by atoms with Gasteiger partial charge in [0.1, 0.15) is 6.04 Å². The minimum atomic E-state index is -3.58. The molecule has 2 amide bonds. The highest BCUT2D eigenvalue weighted by molar-refractivity contribution is 7.89. The fourth-order valence-corrected chi connectivity index (χ4v) is 6.21. The Bertz CT molecular complexity index is 1140. The number of piperidine rings is 1. The number of nitrogens with one attached hydrogen (secondary N) is 1. The molecule has 2 heterocycles. The molecule has 0 bridgehead atoms. The van der Waals surface area contributed by atoms with Gasteiger partial charge >= 0.3 is 0 Å². The van der Waals surface area contributed by atoms with E-state index in [1.54, 1.807) is 18.2 Å². The van der Waals surface area contributed by atoms with Gasteiger partial charge in [0.2, 0.25) is 21.8 Å². The third-order valence-electron chi connectivity index (χ3n) is 6.46. The van der Waals surface area contributed by atoms with Crippen LogP contribution in [0.15, 0.2) is 47.4 Å². The normalized spacial score (nSPS) is 18.7. The predicted octanol–water partition coefficient (Wildman–Crippen LogP) is 2.81. The lowest BCUT2D eigenvalue weighted by Gasteiger charge is -2.26. The van der Waals surface area contributed by atoms with Crippen LogP contribution < -0.4 is 10.2 Å². The molecule has 0 spiro atoms. The lowest BCUT2D eigenvalue weighted by atomic mass is 10.1. The summed E-state index contributed by atoms with van der Waals surface area (Å²) in [4.78, 5) is 27.1. The molecule has 4 rings (SSSR count). The number of anilines is 1. The fourth-order valence-electron chi connectivity index (χ4n) is 4.64. The SMILES string of the molecule is CC(=O)N1c2ccc(S(=O)(=O)N3CCCCC3)cc2C[C@@H]1C(=O)NCCc1ccc(C)cc1. The van der Waals surface area contributed by atoms with Crippen molar-refractivity contribution < 1.29 is 18.0 Å². The monoisotopic (exact) mass is 469 g/mol. The molecule has 0 aliphatic carbocycles. The van der Waals surface area contributed by atoms with Crippen LogP contribution in [0.1, 0.15) is 42.9 Å². The van der Waals surface area contributed by atoms with Crippen molar-refractivity contribution >= 4 is 27.5 Å². The second kappa shape index (κ2) is 9.65. The number of carbonyl (C=O) groups excluding carboxylic acids is 2. The van der Waals surface area contributed by atoms with Gasteiger partial charge in [-0.25, -0.2) is 8.42 Å². The number of hydrogen-bond donors (Lipinski definition) is 1. The van der Waals surface area contributed by atoms with E-state index in [4.69, 9.17) is 0 Å². The molecule has 0 saturated carbocycles. The van der Waals surface area contributed by atoms with Crippen LogP contribution in [0.25, 0.3) is 0 Å². The van der Waals surface area contributed by atoms with Crippen LogP contribution in [0.4, 0.5) is 5.69 Å². The number of hydrogen-bond acceptors (Lipinski definition) is 4. The standard InChI is InChI=1S/C25H31N3O4S/c1-18-6-8-20(9-7-18)12-13-26-25(30)24-17-21-16-22(10-11-23(21)28(24)19(2)29)33(31,32)27-14-4-3-5-15-27/h6-11,16,24H,3-5,12-15,17H2,1-2H3,(H,26,30)/t24-/m1/s1. The highest BCUT2D eigenvalue weighted by atomic mass is 32.2. The third kappa shape index (κ3) is 4.96. The number of fused-ring (bicyclic) bond motifs is 1. The van der Waals surface area contributed by atoms with Gasteiger partial charge in [0.25, 0.3) is 0 Å². The topological polar surface area (TPSA) is 86.8 Å². The summed E-state index contributed by atoms with van der Waals surface area (Å²) in [6.07, 6.45) is 3.78. The number of nitrogens with zero attached hydrogens (tertiary/aromatic N) is 2. The minimum Gasteiger partial charge on any atom is -0.354 e. The van der Waals surface area contributed by atoms with E-state index in [0.29, 0.717) is 43.7 Å². The van der Waals surface area contributed by atoms with Crippen molar-refractivity contribution in [2.45, 2.75) is 56.9 Å². The number of aryl methyl sites for hydroxylation is 1. The Morgan fingerprint density at radius 3 is 2.39 bits per heavy atom. The van der Waals surface area contributed by atoms with Crippen molar-refractivity contribution in [1.29, 1.82) is 0 Å². The second-order valence-corrected chi connectivity index (χ2v) is 10.8. The zero-order valence-corrected chi connectivity index (χ0v) is 20.0. The second-order valence-electron chi connectivity index (χ2n) is 8.89. The summed E-state index contributed by atoms with van der Waals surface area (Å²) in [6.45, 7) is 4.99. The summed E-state index contributed by atoms with van der Waals surface area (Å²) < 4.78 is 27.7. The Kier molecular flexibility index (Phi) is 6.86. The van der Waals surface area contributed by atoms with Crippen LogP contribution in [0.5, 0.6) is 0 Å². The molecular formula is C25H31N3O4S. The largest absolute Gasteiger partial charge is 0.354 e. The highest BCUT2D eigenvalue weighted by Gasteiger charge is 2.38. The van der Waals surface area contributed by atoms with Gasteiger partial charge < -0.3 is 5.32 Å². The summed E-state index contributed by atoms with van der Waals surface area (Å²) in [7, 11) is -3.58. The van der Waals surface area contributed by atoms with E-state index in [0.717, 1.165) is 24.8 Å². The van der Waals surface area contributed by atoms with Crippen molar-refractivity contribution in [3.63, 3.8) is 0 Å². The van der Waals surface area contributed by atoms with Crippen LogP contribution in [-0.4, -0.2) is 50.2 Å². The lowest BCUT2D eigenvalue weighted by Crippen LogP contribution is -2.47. The number of carbonyl (C=O) groups is 2. The van der Waals surface area contributed by atoms with Gasteiger partial charge in [-0.2, -0.15) is 4.31 Å². The van der Waals surface area contributed by atoms with Crippen molar-refractivity contribution in [2.75, 3.05) is 24.5 Å². The summed E-state index contributed by atoms with van der Waals surface area (Å²) in [5.74, 6) is -0.465. The first-order valence-corrected chi connectivity index (χ1v) is 13.0. The maximum absolute atomic E-state index is 13.1. The number of amides is 2. The van der Waals surface area contributed by atoms with Crippen LogP contribution in [0.2, 0.25) is 0 Å². The number of rotatable bonds is 6. The van der Waals surface area contributed by atoms with Crippen LogP contribution >= 0.6 is 0 Å². The Morgan fingerprint density at radius 1 is 1.03 bits per heavy atom. The molecule has 2 aromatic carbocycles. The molecule has 1 N–H and O–H groups in total. The summed E-state index contributed by atoms with van der Waals surface area (Å²) in [5, 5.41) is 2.94. The molecule has 8 heteroatoms. The molecule has 7 nitrogen and oxygen atoms in total. The zero-order valence-electron chi connectivity index (χ0n) is 19.2. The van der Waals surface area contributed by atoms with Crippen LogP contribution in [0, 0.1) is 6.92 Å². The maximum Gasteiger partial charge on any atom is 0.243 e. The average Bonchev–Trinajstić information content (AvgIpc) is 3.20. The third-order valence-corrected chi connectivity index (χ3v) is 8.36. The van der Waals surface area contributed by atoms with Crippen molar-refractivity contribution in [3.05, 3.63) is 59.2 Å².